The second-order valence-electron chi connectivity index (χ2n) is 4.79. The van der Waals surface area contributed by atoms with Gasteiger partial charge in [-0.2, -0.15) is 0 Å². The molecule has 0 spiro atoms. The maximum Gasteiger partial charge on any atom is 0.337 e. The number of halogens is 1. The average molecular weight is 348 g/mol. The second-order valence-corrected chi connectivity index (χ2v) is 5.70. The highest BCUT2D eigenvalue weighted by Crippen LogP contribution is 2.38. The predicted molar refractivity (Wildman–Crippen MR) is 84.7 cm³/mol. The highest BCUT2D eigenvalue weighted by Gasteiger charge is 2.22. The smallest absolute Gasteiger partial charge is 0.337 e. The third kappa shape index (κ3) is 2.74. The molecule has 0 amide bonds. The SMILES string of the molecule is O=C(O)c1cc(Br)ccc1N1CCCOc2ccccc21. The monoisotopic (exact) mass is 347 g/mol. The number of carboxylic acids is 1. The van der Waals surface area contributed by atoms with E-state index in [1.54, 1.807) is 6.07 Å². The standard InChI is InChI=1S/C16H14BrNO3/c17-11-6-7-13(12(10-11)16(19)20)18-8-3-9-21-15-5-2-1-4-14(15)18/h1-2,4-7,10H,3,8-9H2,(H,19,20). The molecule has 0 bridgehead atoms. The molecular formula is C16H14BrNO3. The molecule has 1 aliphatic rings. The number of benzene rings is 2. The van der Waals surface area contributed by atoms with Gasteiger partial charge in [-0.15, -0.1) is 0 Å². The molecule has 0 radical (unpaired) electrons. The van der Waals surface area contributed by atoms with Gasteiger partial charge in [-0.1, -0.05) is 28.1 Å². The Morgan fingerprint density at radius 2 is 2.00 bits per heavy atom. The molecule has 1 heterocycles. The quantitative estimate of drug-likeness (QED) is 0.889. The van der Waals surface area contributed by atoms with Crippen LogP contribution in [-0.2, 0) is 0 Å². The number of ether oxygens (including phenoxy) is 1. The van der Waals surface area contributed by atoms with Crippen molar-refractivity contribution < 1.29 is 14.6 Å². The average Bonchev–Trinajstić information content (AvgIpc) is 2.69. The molecule has 0 atom stereocenters. The van der Waals surface area contributed by atoms with Crippen LogP contribution < -0.4 is 9.64 Å². The number of hydrogen-bond donors (Lipinski definition) is 1. The van der Waals surface area contributed by atoms with Gasteiger partial charge >= 0.3 is 5.97 Å². The van der Waals surface area contributed by atoms with Crippen molar-refractivity contribution >= 4 is 33.3 Å². The number of nitrogens with zero attached hydrogens (tertiary/aromatic N) is 1. The van der Waals surface area contributed by atoms with Crippen molar-refractivity contribution in [3.05, 3.63) is 52.5 Å². The van der Waals surface area contributed by atoms with Crippen LogP contribution in [0.2, 0.25) is 0 Å². The topological polar surface area (TPSA) is 49.8 Å². The van der Waals surface area contributed by atoms with Gasteiger partial charge in [-0.25, -0.2) is 4.79 Å². The van der Waals surface area contributed by atoms with E-state index in [0.717, 1.165) is 28.9 Å². The number of para-hydroxylation sites is 2. The minimum absolute atomic E-state index is 0.279. The molecule has 0 unspecified atom stereocenters. The summed E-state index contributed by atoms with van der Waals surface area (Å²) < 4.78 is 6.48. The van der Waals surface area contributed by atoms with Gasteiger partial charge in [0.1, 0.15) is 5.75 Å². The first-order valence-corrected chi connectivity index (χ1v) is 7.48. The molecule has 0 saturated carbocycles. The van der Waals surface area contributed by atoms with Gasteiger partial charge in [0.2, 0.25) is 0 Å². The van der Waals surface area contributed by atoms with Gasteiger partial charge in [0.05, 0.1) is 23.5 Å². The van der Waals surface area contributed by atoms with E-state index in [9.17, 15) is 9.90 Å². The number of hydrogen-bond acceptors (Lipinski definition) is 3. The van der Waals surface area contributed by atoms with Crippen LogP contribution in [0.25, 0.3) is 0 Å². The summed E-state index contributed by atoms with van der Waals surface area (Å²) in [6, 6.07) is 13.0. The van der Waals surface area contributed by atoms with E-state index in [2.05, 4.69) is 15.9 Å². The lowest BCUT2D eigenvalue weighted by atomic mass is 10.1. The van der Waals surface area contributed by atoms with E-state index in [1.807, 2.05) is 41.3 Å². The molecule has 5 heteroatoms. The van der Waals surface area contributed by atoms with Crippen molar-refractivity contribution in [1.29, 1.82) is 0 Å². The van der Waals surface area contributed by atoms with Gasteiger partial charge < -0.3 is 14.7 Å². The number of fused-ring (bicyclic) bond motifs is 1. The summed E-state index contributed by atoms with van der Waals surface area (Å²) in [6.07, 6.45) is 0.837. The van der Waals surface area contributed by atoms with Gasteiger partial charge in [-0.05, 0) is 36.8 Å². The Hall–Kier alpha value is -2.01. The largest absolute Gasteiger partial charge is 0.491 e. The maximum absolute atomic E-state index is 11.5. The number of anilines is 2. The molecule has 2 aromatic rings. The molecule has 1 aliphatic heterocycles. The molecule has 0 aromatic heterocycles. The first kappa shape index (κ1) is 13.9. The zero-order valence-electron chi connectivity index (χ0n) is 11.3. The molecule has 3 rings (SSSR count). The zero-order valence-corrected chi connectivity index (χ0v) is 12.8. The summed E-state index contributed by atoms with van der Waals surface area (Å²) in [5.41, 5.74) is 1.87. The van der Waals surface area contributed by atoms with E-state index in [-0.39, 0.29) is 5.56 Å². The molecule has 1 N–H and O–H groups in total. The highest BCUT2D eigenvalue weighted by molar-refractivity contribution is 9.10. The van der Waals surface area contributed by atoms with Crippen LogP contribution >= 0.6 is 15.9 Å². The summed E-state index contributed by atoms with van der Waals surface area (Å²) in [5.74, 6) is -0.150. The first-order valence-electron chi connectivity index (χ1n) is 6.69. The summed E-state index contributed by atoms with van der Waals surface area (Å²) in [4.78, 5) is 13.5. The van der Waals surface area contributed by atoms with Crippen molar-refractivity contribution in [3.8, 4) is 5.75 Å². The first-order chi connectivity index (χ1) is 10.2. The molecule has 0 fully saturated rings. The zero-order chi connectivity index (χ0) is 14.8. The lowest BCUT2D eigenvalue weighted by Gasteiger charge is -2.25. The Balaban J connectivity index is 2.14. The third-order valence-corrected chi connectivity index (χ3v) is 3.91. The van der Waals surface area contributed by atoms with Gasteiger partial charge in [-0.3, -0.25) is 0 Å². The van der Waals surface area contributed by atoms with Gasteiger partial charge in [0.15, 0.2) is 0 Å². The van der Waals surface area contributed by atoms with E-state index >= 15 is 0 Å². The molecule has 0 aliphatic carbocycles. The van der Waals surface area contributed by atoms with Crippen molar-refractivity contribution in [2.45, 2.75) is 6.42 Å². The van der Waals surface area contributed by atoms with Crippen LogP contribution in [0.3, 0.4) is 0 Å². The second kappa shape index (κ2) is 5.77. The molecule has 2 aromatic carbocycles. The minimum atomic E-state index is -0.936. The lowest BCUT2D eigenvalue weighted by molar-refractivity contribution is 0.0697. The predicted octanol–water partition coefficient (Wildman–Crippen LogP) is 4.07. The summed E-state index contributed by atoms with van der Waals surface area (Å²) in [5, 5.41) is 9.46. The summed E-state index contributed by atoms with van der Waals surface area (Å²) >= 11 is 3.33. The Labute approximate surface area is 131 Å². The van der Waals surface area contributed by atoms with Crippen molar-refractivity contribution in [1.82, 2.24) is 0 Å². The van der Waals surface area contributed by atoms with E-state index in [4.69, 9.17) is 4.74 Å². The van der Waals surface area contributed by atoms with Crippen LogP contribution in [0.4, 0.5) is 11.4 Å². The normalized spacial score (nSPS) is 14.0. The van der Waals surface area contributed by atoms with Crippen LogP contribution in [0.5, 0.6) is 5.75 Å². The highest BCUT2D eigenvalue weighted by atomic mass is 79.9. The lowest BCUT2D eigenvalue weighted by Crippen LogP contribution is -2.20. The maximum atomic E-state index is 11.5. The number of carbonyl (C=O) groups is 1. The fourth-order valence-corrected chi connectivity index (χ4v) is 2.85. The van der Waals surface area contributed by atoms with Crippen LogP contribution in [0.15, 0.2) is 46.9 Å². The Morgan fingerprint density at radius 3 is 2.81 bits per heavy atom. The fourth-order valence-electron chi connectivity index (χ4n) is 2.49. The number of carboxylic acid groups (broad SMARTS) is 1. The number of aromatic carboxylic acids is 1. The molecule has 4 nitrogen and oxygen atoms in total. The molecule has 108 valence electrons. The van der Waals surface area contributed by atoms with Gasteiger partial charge in [0.25, 0.3) is 0 Å². The van der Waals surface area contributed by atoms with Crippen molar-refractivity contribution in [2.24, 2.45) is 0 Å². The van der Waals surface area contributed by atoms with E-state index in [0.29, 0.717) is 12.3 Å². The number of rotatable bonds is 2. The summed E-state index contributed by atoms with van der Waals surface area (Å²) in [6.45, 7) is 1.35. The van der Waals surface area contributed by atoms with Gasteiger partial charge in [0, 0.05) is 11.0 Å². The third-order valence-electron chi connectivity index (χ3n) is 3.42. The molecule has 21 heavy (non-hydrogen) atoms. The minimum Gasteiger partial charge on any atom is -0.491 e. The summed E-state index contributed by atoms with van der Waals surface area (Å²) in [7, 11) is 0. The van der Waals surface area contributed by atoms with E-state index in [1.165, 1.54) is 0 Å². The van der Waals surface area contributed by atoms with E-state index < -0.39 is 5.97 Å². The Morgan fingerprint density at radius 1 is 1.19 bits per heavy atom. The van der Waals surface area contributed by atoms with Crippen LogP contribution in [-0.4, -0.2) is 24.2 Å². The molecule has 0 saturated heterocycles. The molecular weight excluding hydrogens is 334 g/mol. The van der Waals surface area contributed by atoms with Crippen molar-refractivity contribution in [2.75, 3.05) is 18.1 Å². The Kier molecular flexibility index (Phi) is 3.84. The Bertz CT molecular complexity index is 687. The van der Waals surface area contributed by atoms with Crippen LogP contribution in [0.1, 0.15) is 16.8 Å². The van der Waals surface area contributed by atoms with Crippen LogP contribution in [0, 0.1) is 0 Å². The van der Waals surface area contributed by atoms with Crippen molar-refractivity contribution in [3.63, 3.8) is 0 Å². The fraction of sp³-hybridized carbons (Fsp3) is 0.188.